The highest BCUT2D eigenvalue weighted by Gasteiger charge is 2.01. The van der Waals surface area contributed by atoms with Crippen molar-refractivity contribution in [1.29, 1.82) is 0 Å². The fraction of sp³-hybridized carbons (Fsp3) is 0.429. The van der Waals surface area contributed by atoms with Gasteiger partial charge in [-0.05, 0) is 12.3 Å². The third-order valence-electron chi connectivity index (χ3n) is 1.34. The van der Waals surface area contributed by atoms with Gasteiger partial charge in [-0.15, -0.1) is 11.8 Å². The van der Waals surface area contributed by atoms with E-state index in [2.05, 4.69) is 36.4 Å². The van der Waals surface area contributed by atoms with Gasteiger partial charge in [0.1, 0.15) is 0 Å². The van der Waals surface area contributed by atoms with E-state index in [1.807, 2.05) is 0 Å². The van der Waals surface area contributed by atoms with Crippen LogP contribution in [0.3, 0.4) is 0 Å². The largest absolute Gasteiger partial charge is 0.366 e. The Morgan fingerprint density at radius 2 is 2.44 bits per heavy atom. The summed E-state index contributed by atoms with van der Waals surface area (Å²) in [7, 11) is 2.10. The summed E-state index contributed by atoms with van der Waals surface area (Å²) in [6.45, 7) is 1.05. The van der Waals surface area contributed by atoms with Crippen LogP contribution in [0.15, 0.2) is 23.3 Å². The lowest BCUT2D eigenvalue weighted by atomic mass is 10.4. The van der Waals surface area contributed by atoms with Gasteiger partial charge in [-0.1, -0.05) is 12.2 Å². The molecule has 0 N–H and O–H groups in total. The van der Waals surface area contributed by atoms with Gasteiger partial charge in [0.15, 0.2) is 0 Å². The molecule has 0 aromatic rings. The predicted molar refractivity (Wildman–Crippen MR) is 43.4 cm³/mol. The second-order valence-electron chi connectivity index (χ2n) is 2.02. The Bertz CT molecular complexity index is 149. The molecule has 0 fully saturated rings. The Morgan fingerprint density at radius 1 is 1.67 bits per heavy atom. The van der Waals surface area contributed by atoms with E-state index in [0.717, 1.165) is 6.54 Å². The Morgan fingerprint density at radius 3 is 2.89 bits per heavy atom. The second kappa shape index (κ2) is 2.97. The van der Waals surface area contributed by atoms with Crippen LogP contribution in [0.4, 0.5) is 0 Å². The fourth-order valence-corrected chi connectivity index (χ4v) is 1.41. The number of likely N-dealkylation sites (N-methyl/N-ethyl adjacent to an activating group) is 1. The monoisotopic (exact) mass is 141 g/mol. The van der Waals surface area contributed by atoms with Crippen LogP contribution >= 0.6 is 11.8 Å². The molecule has 0 aromatic heterocycles. The molecule has 1 heterocycles. The summed E-state index contributed by atoms with van der Waals surface area (Å²) in [5.74, 6) is 0. The second-order valence-corrected chi connectivity index (χ2v) is 2.84. The normalized spacial score (nSPS) is 18.0. The van der Waals surface area contributed by atoms with Crippen molar-refractivity contribution in [3.8, 4) is 0 Å². The lowest BCUT2D eigenvalue weighted by Crippen LogP contribution is -2.17. The molecule has 0 atom stereocenters. The number of hydrogen-bond donors (Lipinski definition) is 0. The van der Waals surface area contributed by atoms with Crippen LogP contribution < -0.4 is 0 Å². The highest BCUT2D eigenvalue weighted by molar-refractivity contribution is 8.02. The summed E-state index contributed by atoms with van der Waals surface area (Å²) < 4.78 is 0. The first-order valence-corrected chi connectivity index (χ1v) is 4.19. The molecule has 0 bridgehead atoms. The lowest BCUT2D eigenvalue weighted by molar-refractivity contribution is 0.493. The Balaban J connectivity index is 2.63. The average Bonchev–Trinajstić information content (AvgIpc) is 1.89. The van der Waals surface area contributed by atoms with Crippen LogP contribution in [-0.4, -0.2) is 24.7 Å². The average molecular weight is 141 g/mol. The zero-order valence-electron chi connectivity index (χ0n) is 5.79. The first-order chi connectivity index (χ1) is 4.34. The number of rotatable bonds is 1. The van der Waals surface area contributed by atoms with E-state index in [1.54, 1.807) is 11.8 Å². The number of nitrogens with zero attached hydrogens (tertiary/aromatic N) is 1. The molecular weight excluding hydrogens is 130 g/mol. The van der Waals surface area contributed by atoms with Gasteiger partial charge in [-0.25, -0.2) is 0 Å². The lowest BCUT2D eigenvalue weighted by Gasteiger charge is -2.21. The molecule has 0 unspecified atom stereocenters. The summed E-state index contributed by atoms with van der Waals surface area (Å²) >= 11 is 1.79. The minimum atomic E-state index is 1.05. The maximum atomic E-state index is 2.23. The maximum absolute atomic E-state index is 2.23. The fourth-order valence-electron chi connectivity index (χ4n) is 0.810. The Labute approximate surface area is 60.4 Å². The highest BCUT2D eigenvalue weighted by atomic mass is 32.2. The number of hydrogen-bond acceptors (Lipinski definition) is 2. The molecule has 0 saturated carbocycles. The predicted octanol–water partition coefficient (Wildman–Crippen LogP) is 1.69. The smallest absolute Gasteiger partial charge is 0.0704 e. The minimum absolute atomic E-state index is 1.05. The SMILES string of the molecule is CSC1=CC=CCN1C. The number of thioether (sulfide) groups is 1. The molecule has 2 heteroatoms. The van der Waals surface area contributed by atoms with Crippen LogP contribution in [-0.2, 0) is 0 Å². The summed E-state index contributed by atoms with van der Waals surface area (Å²) in [6, 6.07) is 0. The molecule has 0 amide bonds. The van der Waals surface area contributed by atoms with Gasteiger partial charge < -0.3 is 4.90 Å². The van der Waals surface area contributed by atoms with Gasteiger partial charge in [-0.2, -0.15) is 0 Å². The van der Waals surface area contributed by atoms with Crippen molar-refractivity contribution >= 4 is 11.8 Å². The van der Waals surface area contributed by atoms with Crippen LogP contribution in [0.1, 0.15) is 0 Å². The van der Waals surface area contributed by atoms with E-state index in [9.17, 15) is 0 Å². The van der Waals surface area contributed by atoms with Crippen molar-refractivity contribution in [2.24, 2.45) is 0 Å². The van der Waals surface area contributed by atoms with Crippen molar-refractivity contribution in [3.05, 3.63) is 23.3 Å². The van der Waals surface area contributed by atoms with Gasteiger partial charge in [0.25, 0.3) is 0 Å². The van der Waals surface area contributed by atoms with Crippen molar-refractivity contribution in [3.63, 3.8) is 0 Å². The Hall–Kier alpha value is -0.370. The van der Waals surface area contributed by atoms with E-state index in [4.69, 9.17) is 0 Å². The standard InChI is InChI=1S/C7H11NS/c1-8-6-4-3-5-7(8)9-2/h3-5H,6H2,1-2H3. The van der Waals surface area contributed by atoms with Crippen LogP contribution in [0.25, 0.3) is 0 Å². The molecule has 0 saturated heterocycles. The van der Waals surface area contributed by atoms with Crippen LogP contribution in [0.5, 0.6) is 0 Å². The molecule has 1 aliphatic rings. The van der Waals surface area contributed by atoms with E-state index in [0.29, 0.717) is 0 Å². The van der Waals surface area contributed by atoms with E-state index in [1.165, 1.54) is 5.03 Å². The molecule has 1 rings (SSSR count). The quantitative estimate of drug-likeness (QED) is 0.546. The van der Waals surface area contributed by atoms with E-state index >= 15 is 0 Å². The highest BCUT2D eigenvalue weighted by Crippen LogP contribution is 2.17. The summed E-state index contributed by atoms with van der Waals surface area (Å²) in [5, 5.41) is 1.34. The summed E-state index contributed by atoms with van der Waals surface area (Å²) in [6.07, 6.45) is 8.49. The van der Waals surface area contributed by atoms with Crippen molar-refractivity contribution < 1.29 is 0 Å². The summed E-state index contributed by atoms with van der Waals surface area (Å²) in [4.78, 5) is 2.23. The van der Waals surface area contributed by atoms with Crippen molar-refractivity contribution in [1.82, 2.24) is 4.90 Å². The van der Waals surface area contributed by atoms with E-state index < -0.39 is 0 Å². The zero-order valence-corrected chi connectivity index (χ0v) is 6.61. The first kappa shape index (κ1) is 6.75. The Kier molecular flexibility index (Phi) is 2.22. The third-order valence-corrected chi connectivity index (χ3v) is 2.21. The molecule has 0 aliphatic carbocycles. The third kappa shape index (κ3) is 1.52. The van der Waals surface area contributed by atoms with Gasteiger partial charge in [-0.3, -0.25) is 0 Å². The molecule has 1 aliphatic heterocycles. The van der Waals surface area contributed by atoms with Gasteiger partial charge in [0.2, 0.25) is 0 Å². The molecular formula is C7H11NS. The van der Waals surface area contributed by atoms with Crippen LogP contribution in [0.2, 0.25) is 0 Å². The first-order valence-electron chi connectivity index (χ1n) is 2.96. The number of allylic oxidation sites excluding steroid dienone is 2. The van der Waals surface area contributed by atoms with Gasteiger partial charge in [0.05, 0.1) is 5.03 Å². The molecule has 0 spiro atoms. The topological polar surface area (TPSA) is 3.24 Å². The molecule has 1 nitrogen and oxygen atoms in total. The summed E-state index contributed by atoms with van der Waals surface area (Å²) in [5.41, 5.74) is 0. The zero-order chi connectivity index (χ0) is 6.69. The maximum Gasteiger partial charge on any atom is 0.0704 e. The molecule has 50 valence electrons. The van der Waals surface area contributed by atoms with Crippen molar-refractivity contribution in [2.45, 2.75) is 0 Å². The van der Waals surface area contributed by atoms with Gasteiger partial charge in [0, 0.05) is 13.6 Å². The molecule has 0 aromatic carbocycles. The van der Waals surface area contributed by atoms with Crippen LogP contribution in [0, 0.1) is 0 Å². The molecule has 0 radical (unpaired) electrons. The minimum Gasteiger partial charge on any atom is -0.366 e. The van der Waals surface area contributed by atoms with E-state index in [-0.39, 0.29) is 0 Å². The van der Waals surface area contributed by atoms with Crippen molar-refractivity contribution in [2.75, 3.05) is 19.8 Å². The molecule has 9 heavy (non-hydrogen) atoms. The van der Waals surface area contributed by atoms with Gasteiger partial charge >= 0.3 is 0 Å².